The van der Waals surface area contributed by atoms with Gasteiger partial charge in [0.05, 0.1) is 25.2 Å². The lowest BCUT2D eigenvalue weighted by atomic mass is 10.0. The van der Waals surface area contributed by atoms with Gasteiger partial charge in [-0.2, -0.15) is 13.2 Å². The molecule has 11 nitrogen and oxygen atoms in total. The first-order chi connectivity index (χ1) is 19.5. The Labute approximate surface area is 233 Å². The third-order valence-electron chi connectivity index (χ3n) is 6.41. The second-order valence-electron chi connectivity index (χ2n) is 8.88. The lowest BCUT2D eigenvalue weighted by Crippen LogP contribution is -2.33. The third-order valence-corrected chi connectivity index (χ3v) is 6.64. The van der Waals surface area contributed by atoms with Crippen molar-refractivity contribution >= 4 is 28.8 Å². The maximum atomic E-state index is 13.4. The number of alkyl halides is 3. The molecule has 41 heavy (non-hydrogen) atoms. The van der Waals surface area contributed by atoms with Gasteiger partial charge in [-0.15, -0.1) is 5.10 Å². The van der Waals surface area contributed by atoms with Crippen LogP contribution in [-0.4, -0.2) is 42.0 Å². The number of benzene rings is 1. The van der Waals surface area contributed by atoms with E-state index >= 15 is 0 Å². The molecule has 0 saturated heterocycles. The van der Waals surface area contributed by atoms with Gasteiger partial charge in [-0.05, 0) is 36.8 Å². The zero-order chi connectivity index (χ0) is 29.5. The summed E-state index contributed by atoms with van der Waals surface area (Å²) < 4.78 is 48.6. The van der Waals surface area contributed by atoms with Gasteiger partial charge < -0.3 is 15.0 Å². The molecule has 15 heteroatoms. The number of pyridine rings is 1. The van der Waals surface area contributed by atoms with Crippen LogP contribution in [0.1, 0.15) is 25.1 Å². The molecule has 2 N–H and O–H groups in total. The monoisotopic (exact) mass is 587 g/mol. The normalized spacial score (nSPS) is 12.4. The fourth-order valence-corrected chi connectivity index (χ4v) is 4.63. The molecule has 212 valence electrons. The van der Waals surface area contributed by atoms with Crippen molar-refractivity contribution in [2.24, 2.45) is 0 Å². The van der Waals surface area contributed by atoms with E-state index in [4.69, 9.17) is 16.3 Å². The van der Waals surface area contributed by atoms with Crippen LogP contribution < -0.4 is 21.2 Å². The number of aromatic nitrogens is 6. The molecular formula is C26H21ClF3N7O4. The first-order valence-electron chi connectivity index (χ1n) is 12.1. The van der Waals surface area contributed by atoms with Crippen molar-refractivity contribution in [3.63, 3.8) is 0 Å². The van der Waals surface area contributed by atoms with Crippen molar-refractivity contribution in [3.8, 4) is 22.6 Å². The van der Waals surface area contributed by atoms with Gasteiger partial charge in [0, 0.05) is 34.6 Å². The summed E-state index contributed by atoms with van der Waals surface area (Å²) in [5, 5.41) is 9.78. The number of hydrogen-bond acceptors (Lipinski definition) is 6. The van der Waals surface area contributed by atoms with Gasteiger partial charge in [0.1, 0.15) is 23.1 Å². The van der Waals surface area contributed by atoms with E-state index in [9.17, 15) is 27.6 Å². The Morgan fingerprint density at radius 2 is 1.93 bits per heavy atom. The van der Waals surface area contributed by atoms with E-state index in [1.807, 2.05) is 0 Å². The molecule has 0 bridgehead atoms. The Balaban J connectivity index is 1.55. The smallest absolute Gasteiger partial charge is 0.436 e. The highest BCUT2D eigenvalue weighted by molar-refractivity contribution is 6.31. The molecule has 4 heterocycles. The minimum Gasteiger partial charge on any atom is -0.495 e. The van der Waals surface area contributed by atoms with Crippen molar-refractivity contribution in [3.05, 3.63) is 92.6 Å². The zero-order valence-electron chi connectivity index (χ0n) is 21.4. The maximum Gasteiger partial charge on any atom is 0.436 e. The van der Waals surface area contributed by atoms with E-state index in [-0.39, 0.29) is 39.6 Å². The number of fused-ring (bicyclic) bond motifs is 1. The number of carbonyl (C=O) groups excluding carboxylic acids is 1. The number of nitrogens with zero attached hydrogens (tertiary/aromatic N) is 5. The number of methoxy groups -OCH3 is 1. The van der Waals surface area contributed by atoms with Crippen LogP contribution in [0.5, 0.6) is 5.75 Å². The number of hydrogen-bond donors (Lipinski definition) is 2. The molecule has 0 spiro atoms. The molecule has 0 radical (unpaired) electrons. The topological polar surface area (TPSA) is 128 Å². The number of ether oxygens (including phenoxy) is 1. The second-order valence-corrected chi connectivity index (χ2v) is 9.32. The number of carbonyl (C=O) groups is 1. The summed E-state index contributed by atoms with van der Waals surface area (Å²) in [7, 11) is 1.35. The van der Waals surface area contributed by atoms with Crippen LogP contribution in [0.2, 0.25) is 5.02 Å². The molecule has 0 fully saturated rings. The molecule has 1 aromatic carbocycles. The number of anilines is 1. The van der Waals surface area contributed by atoms with Crippen molar-refractivity contribution < 1.29 is 22.7 Å². The molecule has 0 saturated carbocycles. The van der Waals surface area contributed by atoms with Crippen molar-refractivity contribution in [2.75, 3.05) is 12.4 Å². The van der Waals surface area contributed by atoms with Crippen molar-refractivity contribution in [2.45, 2.75) is 25.6 Å². The largest absolute Gasteiger partial charge is 0.495 e. The van der Waals surface area contributed by atoms with E-state index in [2.05, 4.69) is 20.6 Å². The maximum absolute atomic E-state index is 13.4. The Hall–Kier alpha value is -4.85. The van der Waals surface area contributed by atoms with Gasteiger partial charge in [0.15, 0.2) is 5.69 Å². The van der Waals surface area contributed by atoms with Crippen molar-refractivity contribution in [1.29, 1.82) is 0 Å². The number of nitrogens with one attached hydrogen (secondary N) is 2. The van der Waals surface area contributed by atoms with Gasteiger partial charge in [0.25, 0.3) is 11.1 Å². The summed E-state index contributed by atoms with van der Waals surface area (Å²) in [4.78, 5) is 41.2. The number of aromatic amines is 1. The van der Waals surface area contributed by atoms with Crippen LogP contribution in [0.25, 0.3) is 22.3 Å². The van der Waals surface area contributed by atoms with Crippen LogP contribution in [0.3, 0.4) is 0 Å². The predicted octanol–water partition coefficient (Wildman–Crippen LogP) is 4.31. The SMILES string of the molecule is CCC(C(=O)Nc1ccc2c(=O)[nH]ccn12)n1cc(OC)c(-c2cc(Cl)ccc2-n2cc(C(F)(F)F)nn2)cc1=O. The highest BCUT2D eigenvalue weighted by Gasteiger charge is 2.35. The molecule has 0 aliphatic rings. The van der Waals surface area contributed by atoms with Crippen LogP contribution in [0.15, 0.2) is 70.8 Å². The van der Waals surface area contributed by atoms with E-state index < -0.39 is 29.4 Å². The number of rotatable bonds is 7. The molecule has 0 aliphatic heterocycles. The van der Waals surface area contributed by atoms with Crippen LogP contribution in [0.4, 0.5) is 19.0 Å². The minimum absolute atomic E-state index is 0.148. The molecule has 1 atom stereocenters. The van der Waals surface area contributed by atoms with Gasteiger partial charge in [-0.1, -0.05) is 23.7 Å². The van der Waals surface area contributed by atoms with Crippen molar-refractivity contribution in [1.82, 2.24) is 28.9 Å². The Morgan fingerprint density at radius 1 is 1.15 bits per heavy atom. The highest BCUT2D eigenvalue weighted by atomic mass is 35.5. The zero-order valence-corrected chi connectivity index (χ0v) is 22.2. The summed E-state index contributed by atoms with van der Waals surface area (Å²) in [6.45, 7) is 1.72. The van der Waals surface area contributed by atoms with Crippen LogP contribution in [0, 0.1) is 0 Å². The Bertz CT molecular complexity index is 1890. The fourth-order valence-electron chi connectivity index (χ4n) is 4.46. The van der Waals surface area contributed by atoms with Crippen LogP contribution in [-0.2, 0) is 11.0 Å². The second kappa shape index (κ2) is 10.6. The summed E-state index contributed by atoms with van der Waals surface area (Å²) in [5.74, 6) is -0.0357. The molecule has 0 aliphatic carbocycles. The van der Waals surface area contributed by atoms with E-state index in [0.717, 1.165) is 10.9 Å². The molecule has 1 amide bonds. The summed E-state index contributed by atoms with van der Waals surface area (Å²) in [5.41, 5.74) is -1.17. The van der Waals surface area contributed by atoms with E-state index in [1.54, 1.807) is 25.3 Å². The standard InChI is InChI=1S/C26H21ClF3N7O4/c1-3-17(25(40)32-22-7-6-19-24(39)31-8-9-35(19)22)36-12-20(41-2)16(11-23(36)38)15-10-14(27)4-5-18(15)37-13-21(33-34-37)26(28,29)30/h4-13,17H,3H2,1-2H3,(H,31,39)(H,32,40). The quantitative estimate of drug-likeness (QED) is 0.292. The fraction of sp³-hybridized carbons (Fsp3) is 0.192. The minimum atomic E-state index is -4.71. The first-order valence-corrected chi connectivity index (χ1v) is 12.5. The van der Waals surface area contributed by atoms with Gasteiger partial charge in [0.2, 0.25) is 5.91 Å². The van der Waals surface area contributed by atoms with E-state index in [1.165, 1.54) is 52.7 Å². The lowest BCUT2D eigenvalue weighted by molar-refractivity contribution is -0.141. The molecule has 4 aromatic heterocycles. The van der Waals surface area contributed by atoms with Crippen LogP contribution >= 0.6 is 11.6 Å². The average Bonchev–Trinajstić information content (AvgIpc) is 3.59. The average molecular weight is 588 g/mol. The third kappa shape index (κ3) is 5.20. The number of halogens is 4. The summed E-state index contributed by atoms with van der Waals surface area (Å²) in [6.07, 6.45) is 0.592. The summed E-state index contributed by atoms with van der Waals surface area (Å²) >= 11 is 6.21. The molecule has 5 aromatic rings. The molecule has 5 rings (SSSR count). The summed E-state index contributed by atoms with van der Waals surface area (Å²) in [6, 6.07) is 7.70. The lowest BCUT2D eigenvalue weighted by Gasteiger charge is -2.20. The molecular weight excluding hydrogens is 567 g/mol. The highest BCUT2D eigenvalue weighted by Crippen LogP contribution is 2.36. The molecule has 1 unspecified atom stereocenters. The number of H-pyrrole nitrogens is 1. The Kier molecular flexibility index (Phi) is 7.17. The van der Waals surface area contributed by atoms with Gasteiger partial charge in [-0.3, -0.25) is 23.4 Å². The van der Waals surface area contributed by atoms with Gasteiger partial charge in [-0.25, -0.2) is 4.68 Å². The predicted molar refractivity (Wildman–Crippen MR) is 144 cm³/mol. The van der Waals surface area contributed by atoms with E-state index in [0.29, 0.717) is 11.3 Å². The Morgan fingerprint density at radius 3 is 2.61 bits per heavy atom. The number of amides is 1. The first kappa shape index (κ1) is 27.7. The van der Waals surface area contributed by atoms with Gasteiger partial charge >= 0.3 is 6.18 Å².